The third kappa shape index (κ3) is 4.76. The molecule has 0 aromatic heterocycles. The van der Waals surface area contributed by atoms with E-state index in [-0.39, 0.29) is 0 Å². The fourth-order valence-corrected chi connectivity index (χ4v) is 0.143. The lowest BCUT2D eigenvalue weighted by Crippen LogP contribution is -2.58. The molecule has 0 atom stereocenters. The Bertz CT molecular complexity index is 276. The number of hydrogen-bond acceptors (Lipinski definition) is 3. The Morgan fingerprint density at radius 2 is 2.67 bits per heavy atom. The number of carboxylic acid groups (broad SMARTS) is 1. The van der Waals surface area contributed by atoms with Gasteiger partial charge in [0.25, 0.3) is 5.91 Å². The van der Waals surface area contributed by atoms with Crippen LogP contribution in [-0.2, 0) is 9.59 Å². The predicted molar refractivity (Wildman–Crippen MR) is 25.8 cm³/mol. The molecule has 0 unspecified atom stereocenters. The van der Waals surface area contributed by atoms with Crippen LogP contribution in [0.3, 0.4) is 0 Å². The summed E-state index contributed by atoms with van der Waals surface area (Å²) < 4.78 is 40.2. The Morgan fingerprint density at radius 3 is 3.11 bits per heavy atom. The summed E-state index contributed by atoms with van der Waals surface area (Å²) >= 11 is 0. The average Bonchev–Trinajstić information content (AvgIpc) is 1.99. The highest BCUT2D eigenvalue weighted by Gasteiger charge is 1.95. The summed E-state index contributed by atoms with van der Waals surface area (Å²) in [6.45, 7) is -4.53. The van der Waals surface area contributed by atoms with Crippen LogP contribution < -0.4 is 16.1 Å². The molecule has 0 saturated carbocycles. The molecule has 0 radical (unpaired) electrons. The van der Waals surface area contributed by atoms with Crippen LogP contribution >= 0.6 is 0 Å². The Morgan fingerprint density at radius 1 is 2.00 bits per heavy atom. The van der Waals surface area contributed by atoms with Crippen LogP contribution in [0.1, 0.15) is 2.74 Å². The molecule has 5 heteroatoms. The summed E-state index contributed by atoms with van der Waals surface area (Å²) in [5, 5.41) is 9.62. The molecule has 0 spiro atoms. The van der Waals surface area contributed by atoms with Crippen LogP contribution in [0, 0.1) is 0 Å². The minimum absolute atomic E-state index is 0.563. The number of hydrogen-bond donors (Lipinski definition) is 2. The Kier molecular flexibility index (Phi) is 0.967. The summed E-state index contributed by atoms with van der Waals surface area (Å²) in [6, 6.07) is 0. The van der Waals surface area contributed by atoms with Crippen molar-refractivity contribution in [3.8, 4) is 0 Å². The van der Waals surface area contributed by atoms with Gasteiger partial charge in [-0.1, -0.05) is 0 Å². The standard InChI is InChI=1S/C4H8N2O3/c5-1-3(7)6-2-4(8)9/h1-2,5H2,(H,6,7)(H,8,9)/i2D2/hD4. The molecular weight excluding hydrogens is 124 g/mol. The second-order valence-corrected chi connectivity index (χ2v) is 1.06. The van der Waals surface area contributed by atoms with E-state index in [1.807, 2.05) is 0 Å². The largest absolute Gasteiger partial charge is 0.548 e. The molecule has 4 N–H and O–H groups in total. The highest BCUT2D eigenvalue weighted by molar-refractivity contribution is 5.80. The fraction of sp³-hybridized carbons (Fsp3) is 0.500. The highest BCUT2D eigenvalue weighted by atomic mass is 16.4. The van der Waals surface area contributed by atoms with E-state index in [2.05, 4.69) is 0 Å². The number of amides is 1. The Hall–Kier alpha value is -1.10. The summed E-state index contributed by atoms with van der Waals surface area (Å²) in [5.74, 6) is -3.77. The molecule has 0 heterocycles. The van der Waals surface area contributed by atoms with Gasteiger partial charge in [0.05, 0.1) is 15.2 Å². The van der Waals surface area contributed by atoms with Crippen molar-refractivity contribution in [2.45, 2.75) is 0 Å². The lowest BCUT2D eigenvalue weighted by Gasteiger charge is -2.00. The van der Waals surface area contributed by atoms with Crippen LogP contribution in [0.5, 0.6) is 0 Å². The van der Waals surface area contributed by atoms with Gasteiger partial charge in [0, 0.05) is 0 Å². The van der Waals surface area contributed by atoms with Crippen molar-refractivity contribution in [2.24, 2.45) is 0 Å². The minimum Gasteiger partial charge on any atom is -0.548 e. The van der Waals surface area contributed by atoms with Crippen molar-refractivity contribution in [2.75, 3.05) is 13.0 Å². The number of rotatable bonds is 4. The molecule has 5 nitrogen and oxygen atoms in total. The van der Waals surface area contributed by atoms with Gasteiger partial charge in [-0.15, -0.1) is 0 Å². The molecule has 0 aromatic rings. The highest BCUT2D eigenvalue weighted by Crippen LogP contribution is 1.56. The van der Waals surface area contributed by atoms with Gasteiger partial charge in [0.2, 0.25) is 0 Å². The molecule has 0 aliphatic rings. The number of quaternary nitrogens is 1. The molecule has 52 valence electrons. The van der Waals surface area contributed by atoms with E-state index in [9.17, 15) is 14.7 Å². The van der Waals surface area contributed by atoms with Crippen molar-refractivity contribution < 1.29 is 28.8 Å². The number of nitrogens with one attached hydrogen (secondary N) is 1. The zero-order valence-electron chi connectivity index (χ0n) is 10.3. The van der Waals surface area contributed by atoms with Gasteiger partial charge in [-0.2, -0.15) is 0 Å². The first-order chi connectivity index (χ1) is 6.48. The van der Waals surface area contributed by atoms with Gasteiger partial charge in [-0.3, -0.25) is 4.79 Å². The van der Waals surface area contributed by atoms with Gasteiger partial charge < -0.3 is 20.9 Å². The quantitative estimate of drug-likeness (QED) is 0.415. The van der Waals surface area contributed by atoms with Crippen LogP contribution in [0.25, 0.3) is 0 Å². The van der Waals surface area contributed by atoms with E-state index in [0.29, 0.717) is 0 Å². The van der Waals surface area contributed by atoms with Crippen molar-refractivity contribution in [1.29, 1.82) is 0 Å². The van der Waals surface area contributed by atoms with Crippen LogP contribution in [-0.4, -0.2) is 24.9 Å². The van der Waals surface area contributed by atoms with Gasteiger partial charge >= 0.3 is 4.24 Å². The summed E-state index contributed by atoms with van der Waals surface area (Å²) in [5.41, 5.74) is -2.07. The number of carboxylic acids is 1. The van der Waals surface area contributed by atoms with Gasteiger partial charge in [0.15, 0.2) is 7.96 Å². The first-order valence-electron chi connectivity index (χ1n) is 4.77. The van der Waals surface area contributed by atoms with E-state index in [1.165, 1.54) is 0 Å². The molecule has 1 amide bonds. The van der Waals surface area contributed by atoms with Gasteiger partial charge in [0.1, 0.15) is 0 Å². The fourth-order valence-electron chi connectivity index (χ4n) is 0.143. The zero-order valence-corrected chi connectivity index (χ0v) is 4.33. The second kappa shape index (κ2) is 3.85. The third-order valence-corrected chi connectivity index (χ3v) is 0.407. The molecule has 0 aromatic carbocycles. The van der Waals surface area contributed by atoms with Crippen molar-refractivity contribution >= 4 is 11.9 Å². The van der Waals surface area contributed by atoms with E-state index in [1.54, 1.807) is 0 Å². The lowest BCUT2D eigenvalue weighted by atomic mass is 10.5. The topological polar surface area (TPSA) is 96.9 Å². The molecular formula is C4H8N2O3. The van der Waals surface area contributed by atoms with Crippen LogP contribution in [0.2, 0.25) is 5.65 Å². The predicted octanol–water partition coefficient (Wildman–Crippen LogP) is -3.91. The first kappa shape index (κ1) is 2.26. The SMILES string of the molecule is [2H]N(C(=O)C[N+]([2H])([2H])[2H])C([2H])([2H])C(=O)[O-]. The Labute approximate surface area is 60.5 Å². The maximum absolute atomic E-state index is 10.9. The molecule has 9 heavy (non-hydrogen) atoms. The van der Waals surface area contributed by atoms with Crippen LogP contribution in [0.4, 0.5) is 0 Å². The van der Waals surface area contributed by atoms with Gasteiger partial charge in [-0.05, 0) is 0 Å². The molecule has 0 saturated heterocycles. The van der Waals surface area contributed by atoms with Crippen molar-refractivity contribution in [1.82, 2.24) is 5.31 Å². The summed E-state index contributed by atoms with van der Waals surface area (Å²) in [7, 11) is 0. The molecule has 0 aliphatic carbocycles. The first-order valence-corrected chi connectivity index (χ1v) is 1.98. The molecule has 0 bridgehead atoms. The maximum Gasteiger partial charge on any atom is 0.344 e. The van der Waals surface area contributed by atoms with E-state index in [0.717, 1.165) is 0 Å². The smallest absolute Gasteiger partial charge is 0.344 e. The van der Waals surface area contributed by atoms with E-state index in [4.69, 9.17) is 8.39 Å². The lowest BCUT2D eigenvalue weighted by molar-refractivity contribution is -0.355. The molecule has 0 fully saturated rings. The Balaban J connectivity index is 4.66. The van der Waals surface area contributed by atoms with Crippen molar-refractivity contribution in [3.05, 3.63) is 0 Å². The minimum atomic E-state index is -3.35. The van der Waals surface area contributed by atoms with Gasteiger partial charge in [-0.25, -0.2) is 0 Å². The normalized spacial score (nSPS) is 21.3. The zero-order chi connectivity index (χ0) is 12.4. The second-order valence-electron chi connectivity index (χ2n) is 1.06. The van der Waals surface area contributed by atoms with E-state index >= 15 is 0 Å². The average molecular weight is 138 g/mol. The number of carbonyl (C=O) groups excluding carboxylic acids is 2. The third-order valence-electron chi connectivity index (χ3n) is 0.407. The number of aliphatic carboxylic acids is 1. The number of carbonyl (C=O) groups is 2. The molecule has 0 aliphatic heterocycles. The molecule has 0 rings (SSSR count). The van der Waals surface area contributed by atoms with E-state index < -0.39 is 35.9 Å². The summed E-state index contributed by atoms with van der Waals surface area (Å²) in [4.78, 5) is 21.1. The maximum atomic E-state index is 10.9. The monoisotopic (exact) mass is 138 g/mol. The van der Waals surface area contributed by atoms with Crippen LogP contribution in [0.15, 0.2) is 0 Å². The summed E-state index contributed by atoms with van der Waals surface area (Å²) in [6.07, 6.45) is 0. The van der Waals surface area contributed by atoms with Crippen molar-refractivity contribution in [3.63, 3.8) is 0 Å².